The molecular formula is C26H34N4O3. The molecule has 1 aromatic carbocycles. The van der Waals surface area contributed by atoms with Crippen molar-refractivity contribution in [3.63, 3.8) is 0 Å². The molecule has 0 spiro atoms. The van der Waals surface area contributed by atoms with E-state index in [0.29, 0.717) is 25.2 Å². The first-order valence-corrected chi connectivity index (χ1v) is 11.3. The van der Waals surface area contributed by atoms with E-state index in [-0.39, 0.29) is 22.6 Å². The van der Waals surface area contributed by atoms with E-state index in [1.54, 1.807) is 4.90 Å². The standard InChI is InChI=1S/C26H34N4O3/c1-18-7-9-19(10-8-18)20-15-22(28-23(31)21(20)16-27)26(5,6)17-29-11-13-30(14-12-29)24(32)33-25(2,3)4/h7-10,15H,11-14,17H2,1-6H3,(H,28,31). The molecule has 0 aliphatic carbocycles. The first-order valence-electron chi connectivity index (χ1n) is 11.3. The maximum absolute atomic E-state index is 12.8. The molecule has 7 nitrogen and oxygen atoms in total. The van der Waals surface area contributed by atoms with Crippen LogP contribution in [0.5, 0.6) is 0 Å². The number of ether oxygens (including phenoxy) is 1. The van der Waals surface area contributed by atoms with Crippen LogP contribution in [0.15, 0.2) is 35.1 Å². The number of aromatic amines is 1. The highest BCUT2D eigenvalue weighted by Gasteiger charge is 2.31. The molecule has 33 heavy (non-hydrogen) atoms. The van der Waals surface area contributed by atoms with Crippen molar-refractivity contribution in [3.8, 4) is 17.2 Å². The molecule has 0 unspecified atom stereocenters. The van der Waals surface area contributed by atoms with Crippen LogP contribution in [0, 0.1) is 18.3 Å². The van der Waals surface area contributed by atoms with Crippen molar-refractivity contribution in [3.05, 3.63) is 57.5 Å². The van der Waals surface area contributed by atoms with E-state index < -0.39 is 5.60 Å². The zero-order chi connectivity index (χ0) is 24.4. The van der Waals surface area contributed by atoms with Crippen LogP contribution in [0.4, 0.5) is 4.79 Å². The lowest BCUT2D eigenvalue weighted by Gasteiger charge is -2.39. The van der Waals surface area contributed by atoms with E-state index in [9.17, 15) is 14.9 Å². The molecule has 1 aliphatic rings. The first-order chi connectivity index (χ1) is 15.4. The van der Waals surface area contributed by atoms with Crippen LogP contribution in [-0.4, -0.2) is 59.2 Å². The number of carbonyl (C=O) groups excluding carboxylic acids is 1. The van der Waals surface area contributed by atoms with Crippen LogP contribution < -0.4 is 5.56 Å². The molecule has 0 bridgehead atoms. The normalized spacial score (nSPS) is 15.2. The summed E-state index contributed by atoms with van der Waals surface area (Å²) in [7, 11) is 0. The maximum Gasteiger partial charge on any atom is 0.410 e. The Hall–Kier alpha value is -3.11. The largest absolute Gasteiger partial charge is 0.444 e. The lowest BCUT2D eigenvalue weighted by molar-refractivity contribution is 0.0131. The summed E-state index contributed by atoms with van der Waals surface area (Å²) in [6.45, 7) is 15.2. The second kappa shape index (κ2) is 9.40. The quantitative estimate of drug-likeness (QED) is 0.759. The number of pyridine rings is 1. The van der Waals surface area contributed by atoms with Crippen LogP contribution in [0.1, 0.15) is 51.4 Å². The fraction of sp³-hybridized carbons (Fsp3) is 0.500. The van der Waals surface area contributed by atoms with Crippen molar-refractivity contribution in [2.24, 2.45) is 0 Å². The summed E-state index contributed by atoms with van der Waals surface area (Å²) in [6, 6.07) is 11.8. The molecule has 0 saturated carbocycles. The summed E-state index contributed by atoms with van der Waals surface area (Å²) in [4.78, 5) is 32.1. The number of amides is 1. The van der Waals surface area contributed by atoms with Crippen molar-refractivity contribution < 1.29 is 9.53 Å². The fourth-order valence-electron chi connectivity index (χ4n) is 4.06. The summed E-state index contributed by atoms with van der Waals surface area (Å²) < 4.78 is 5.48. The molecule has 1 amide bonds. The average Bonchev–Trinajstić information content (AvgIpc) is 2.72. The van der Waals surface area contributed by atoms with Gasteiger partial charge in [0.25, 0.3) is 5.56 Å². The van der Waals surface area contributed by atoms with Gasteiger partial charge in [0.05, 0.1) is 0 Å². The summed E-state index contributed by atoms with van der Waals surface area (Å²) >= 11 is 0. The van der Waals surface area contributed by atoms with Crippen molar-refractivity contribution >= 4 is 6.09 Å². The third-order valence-electron chi connectivity index (χ3n) is 5.88. The van der Waals surface area contributed by atoms with Crippen LogP contribution in [0.25, 0.3) is 11.1 Å². The number of benzene rings is 1. The number of aryl methyl sites for hydroxylation is 1. The van der Waals surface area contributed by atoms with Gasteiger partial charge in [0, 0.05) is 49.4 Å². The van der Waals surface area contributed by atoms with Gasteiger partial charge in [-0.1, -0.05) is 43.7 Å². The predicted octanol–water partition coefficient (Wildman–Crippen LogP) is 4.05. The Morgan fingerprint density at radius 2 is 1.70 bits per heavy atom. The molecule has 1 fully saturated rings. The van der Waals surface area contributed by atoms with Crippen molar-refractivity contribution in [2.45, 2.75) is 52.6 Å². The van der Waals surface area contributed by atoms with Gasteiger partial charge in [-0.25, -0.2) is 4.79 Å². The number of nitrogens with one attached hydrogen (secondary N) is 1. The number of hydrogen-bond acceptors (Lipinski definition) is 5. The molecule has 2 heterocycles. The number of carbonyl (C=O) groups is 1. The number of aromatic nitrogens is 1. The number of piperazine rings is 1. The fourth-order valence-corrected chi connectivity index (χ4v) is 4.06. The lowest BCUT2D eigenvalue weighted by atomic mass is 9.85. The number of nitriles is 1. The highest BCUT2D eigenvalue weighted by molar-refractivity contribution is 5.71. The molecule has 1 aliphatic heterocycles. The Kier molecular flexibility index (Phi) is 6.99. The van der Waals surface area contributed by atoms with Gasteiger partial charge in [-0.3, -0.25) is 9.69 Å². The minimum absolute atomic E-state index is 0.129. The monoisotopic (exact) mass is 450 g/mol. The average molecular weight is 451 g/mol. The first kappa shape index (κ1) is 24.5. The number of nitrogens with zero attached hydrogens (tertiary/aromatic N) is 3. The number of rotatable bonds is 4. The van der Waals surface area contributed by atoms with Crippen LogP contribution in [0.2, 0.25) is 0 Å². The van der Waals surface area contributed by atoms with E-state index in [1.165, 1.54) is 0 Å². The lowest BCUT2D eigenvalue weighted by Crippen LogP contribution is -2.52. The maximum atomic E-state index is 12.8. The van der Waals surface area contributed by atoms with Gasteiger partial charge in [0.15, 0.2) is 0 Å². The van der Waals surface area contributed by atoms with E-state index in [2.05, 4.69) is 29.8 Å². The van der Waals surface area contributed by atoms with Crippen LogP contribution >= 0.6 is 0 Å². The van der Waals surface area contributed by atoms with Crippen LogP contribution in [-0.2, 0) is 10.2 Å². The van der Waals surface area contributed by atoms with Gasteiger partial charge in [0.1, 0.15) is 17.2 Å². The van der Waals surface area contributed by atoms with Gasteiger partial charge in [-0.05, 0) is 39.3 Å². The zero-order valence-corrected chi connectivity index (χ0v) is 20.5. The van der Waals surface area contributed by atoms with Crippen molar-refractivity contribution in [1.82, 2.24) is 14.8 Å². The summed E-state index contributed by atoms with van der Waals surface area (Å²) in [5.41, 5.74) is 2.31. The highest BCUT2D eigenvalue weighted by atomic mass is 16.6. The molecular weight excluding hydrogens is 416 g/mol. The summed E-state index contributed by atoms with van der Waals surface area (Å²) in [5.74, 6) is 0. The van der Waals surface area contributed by atoms with Gasteiger partial charge >= 0.3 is 6.09 Å². The molecule has 1 N–H and O–H groups in total. The summed E-state index contributed by atoms with van der Waals surface area (Å²) in [5, 5.41) is 9.59. The zero-order valence-electron chi connectivity index (χ0n) is 20.5. The van der Waals surface area contributed by atoms with E-state index >= 15 is 0 Å². The second-order valence-electron chi connectivity index (χ2n) is 10.4. The molecule has 1 saturated heterocycles. The molecule has 2 aromatic rings. The Labute approximate surface area is 196 Å². The Bertz CT molecular complexity index is 1100. The van der Waals surface area contributed by atoms with Crippen molar-refractivity contribution in [2.75, 3.05) is 32.7 Å². The molecule has 176 valence electrons. The topological polar surface area (TPSA) is 89.4 Å². The second-order valence-corrected chi connectivity index (χ2v) is 10.4. The Morgan fingerprint density at radius 1 is 1.09 bits per heavy atom. The Morgan fingerprint density at radius 3 is 2.24 bits per heavy atom. The molecule has 3 rings (SSSR count). The predicted molar refractivity (Wildman–Crippen MR) is 129 cm³/mol. The summed E-state index contributed by atoms with van der Waals surface area (Å²) in [6.07, 6.45) is -0.277. The van der Waals surface area contributed by atoms with Gasteiger partial charge in [0.2, 0.25) is 0 Å². The van der Waals surface area contributed by atoms with Crippen LogP contribution in [0.3, 0.4) is 0 Å². The Balaban J connectivity index is 1.77. The van der Waals surface area contributed by atoms with Gasteiger partial charge in [-0.2, -0.15) is 5.26 Å². The smallest absolute Gasteiger partial charge is 0.410 e. The minimum Gasteiger partial charge on any atom is -0.444 e. The minimum atomic E-state index is -0.507. The molecule has 1 aromatic heterocycles. The van der Waals surface area contributed by atoms with E-state index in [1.807, 2.05) is 58.0 Å². The highest BCUT2D eigenvalue weighted by Crippen LogP contribution is 2.29. The van der Waals surface area contributed by atoms with E-state index in [0.717, 1.165) is 29.9 Å². The molecule has 0 radical (unpaired) electrons. The number of hydrogen-bond donors (Lipinski definition) is 1. The SMILES string of the molecule is Cc1ccc(-c2cc(C(C)(C)CN3CCN(C(=O)OC(C)(C)C)CC3)[nH]c(=O)c2C#N)cc1. The van der Waals surface area contributed by atoms with Gasteiger partial charge in [-0.15, -0.1) is 0 Å². The van der Waals surface area contributed by atoms with E-state index in [4.69, 9.17) is 4.74 Å². The van der Waals surface area contributed by atoms with Crippen molar-refractivity contribution in [1.29, 1.82) is 5.26 Å². The third kappa shape index (κ3) is 6.02. The number of H-pyrrole nitrogens is 1. The van der Waals surface area contributed by atoms with Gasteiger partial charge < -0.3 is 14.6 Å². The third-order valence-corrected chi connectivity index (χ3v) is 5.88. The molecule has 7 heteroatoms. The molecule has 0 atom stereocenters.